The maximum Gasteiger partial charge on any atom is 0.192 e. The van der Waals surface area contributed by atoms with Gasteiger partial charge in [0.05, 0.1) is 18.3 Å². The van der Waals surface area contributed by atoms with E-state index in [9.17, 15) is 0 Å². The Labute approximate surface area is 235 Å². The minimum Gasteiger partial charge on any atom is -0.410 e. The van der Waals surface area contributed by atoms with Gasteiger partial charge in [0.1, 0.15) is 0 Å². The van der Waals surface area contributed by atoms with Crippen LogP contribution in [0.3, 0.4) is 0 Å². The molecule has 0 fully saturated rings. The molecule has 0 aliphatic carbocycles. The van der Waals surface area contributed by atoms with Crippen LogP contribution >= 0.6 is 0 Å². The van der Waals surface area contributed by atoms with Gasteiger partial charge in [0.25, 0.3) is 0 Å². The van der Waals surface area contributed by atoms with Crippen molar-refractivity contribution in [1.29, 1.82) is 0 Å². The molecule has 0 aromatic carbocycles. The second-order valence-electron chi connectivity index (χ2n) is 12.2. The fraction of sp³-hybridized carbons (Fsp3) is 0.750. The largest absolute Gasteiger partial charge is 0.410 e. The van der Waals surface area contributed by atoms with Gasteiger partial charge in [0.15, 0.2) is 20.9 Å². The summed E-state index contributed by atoms with van der Waals surface area (Å²) in [6.07, 6.45) is 18.0. The van der Waals surface area contributed by atoms with Crippen LogP contribution in [0.4, 0.5) is 0 Å². The van der Waals surface area contributed by atoms with Gasteiger partial charge in [-0.3, -0.25) is 0 Å². The summed E-state index contributed by atoms with van der Waals surface area (Å²) in [5.74, 6) is 0.839. The number of hydrogen-bond acceptors (Lipinski definition) is 5. The van der Waals surface area contributed by atoms with Crippen molar-refractivity contribution >= 4 is 8.32 Å². The lowest BCUT2D eigenvalue weighted by atomic mass is 9.85. The molecule has 8 atom stereocenters. The maximum atomic E-state index is 6.99. The monoisotopic (exact) mass is 550 g/mol. The molecular weight excluding hydrogens is 492 g/mol. The number of methoxy groups -OCH3 is 1. The van der Waals surface area contributed by atoms with Crippen molar-refractivity contribution in [1.82, 2.24) is 0 Å². The lowest BCUT2D eigenvalue weighted by Gasteiger charge is -2.42. The first-order valence-electron chi connectivity index (χ1n) is 14.5. The van der Waals surface area contributed by atoms with Crippen LogP contribution in [0.1, 0.15) is 75.2 Å². The van der Waals surface area contributed by atoms with Crippen molar-refractivity contribution in [3.63, 3.8) is 0 Å². The summed E-state index contributed by atoms with van der Waals surface area (Å²) in [6.45, 7) is 24.9. The molecule has 1 heterocycles. The van der Waals surface area contributed by atoms with Gasteiger partial charge in [0.2, 0.25) is 0 Å². The third kappa shape index (κ3) is 11.6. The van der Waals surface area contributed by atoms with Crippen LogP contribution in [0.15, 0.2) is 48.6 Å². The Kier molecular flexibility index (Phi) is 15.6. The van der Waals surface area contributed by atoms with E-state index in [0.29, 0.717) is 18.4 Å². The molecule has 38 heavy (non-hydrogen) atoms. The van der Waals surface area contributed by atoms with Crippen molar-refractivity contribution in [2.24, 2.45) is 17.8 Å². The van der Waals surface area contributed by atoms with Gasteiger partial charge >= 0.3 is 0 Å². The Hall–Kier alpha value is -1.02. The van der Waals surface area contributed by atoms with E-state index in [1.54, 1.807) is 7.11 Å². The maximum absolute atomic E-state index is 6.99. The van der Waals surface area contributed by atoms with Gasteiger partial charge < -0.3 is 23.4 Å². The van der Waals surface area contributed by atoms with Crippen molar-refractivity contribution in [2.75, 3.05) is 13.7 Å². The van der Waals surface area contributed by atoms with Crippen LogP contribution in [-0.2, 0) is 23.4 Å². The molecule has 0 bridgehead atoms. The normalized spacial score (nSPS) is 25.3. The van der Waals surface area contributed by atoms with Crippen molar-refractivity contribution in [3.05, 3.63) is 48.6 Å². The van der Waals surface area contributed by atoms with Gasteiger partial charge in [-0.05, 0) is 63.7 Å². The molecule has 0 radical (unpaired) electrons. The van der Waals surface area contributed by atoms with Crippen LogP contribution in [0.2, 0.25) is 18.1 Å². The average molecular weight is 551 g/mol. The van der Waals surface area contributed by atoms with Crippen LogP contribution < -0.4 is 0 Å². The van der Waals surface area contributed by atoms with Gasteiger partial charge in [0, 0.05) is 25.6 Å². The zero-order chi connectivity index (χ0) is 28.9. The molecule has 1 unspecified atom stereocenters. The standard InChI is InChI=1S/C32H58O5Si/c1-13-15-16-17-18-19-29(37-38(11,12)32(7,8)9)26(5)28(35-27(6)34-14-2)22-20-24(3)31-25(4)21-23-30(33-10)36-31/h13,15-19,21,23-31H,14,20,22H2,1-12H3/b15-13+,17-16-,19-18-/t24-,25-,26+,27?,28-,29-,30+,31-/m0/s1. The summed E-state index contributed by atoms with van der Waals surface area (Å²) in [7, 11) is -0.326. The first-order chi connectivity index (χ1) is 17.8. The molecule has 1 aliphatic heterocycles. The van der Waals surface area contributed by atoms with E-state index in [4.69, 9.17) is 23.4 Å². The fourth-order valence-electron chi connectivity index (χ4n) is 4.52. The Morgan fingerprint density at radius 1 is 1.00 bits per heavy atom. The van der Waals surface area contributed by atoms with E-state index < -0.39 is 8.32 Å². The van der Waals surface area contributed by atoms with Crippen molar-refractivity contribution in [3.8, 4) is 0 Å². The number of allylic oxidation sites excluding steroid dienone is 5. The Bertz CT molecular complexity index is 766. The summed E-state index contributed by atoms with van der Waals surface area (Å²) in [5, 5.41) is 0.114. The van der Waals surface area contributed by atoms with Crippen LogP contribution in [0.25, 0.3) is 0 Å². The van der Waals surface area contributed by atoms with Gasteiger partial charge in [-0.25, -0.2) is 0 Å². The first-order valence-corrected chi connectivity index (χ1v) is 17.5. The third-order valence-electron chi connectivity index (χ3n) is 8.02. The average Bonchev–Trinajstić information content (AvgIpc) is 2.84. The van der Waals surface area contributed by atoms with E-state index in [1.807, 2.05) is 45.1 Å². The minimum absolute atomic E-state index is 0.0226. The molecule has 220 valence electrons. The molecule has 0 saturated heterocycles. The smallest absolute Gasteiger partial charge is 0.192 e. The summed E-state index contributed by atoms with van der Waals surface area (Å²) in [6, 6.07) is 0. The second kappa shape index (κ2) is 16.9. The Morgan fingerprint density at radius 2 is 1.66 bits per heavy atom. The highest BCUT2D eigenvalue weighted by molar-refractivity contribution is 6.74. The third-order valence-corrected chi connectivity index (χ3v) is 12.5. The van der Waals surface area contributed by atoms with Crippen molar-refractivity contribution in [2.45, 2.75) is 124 Å². The van der Waals surface area contributed by atoms with E-state index in [0.717, 1.165) is 12.8 Å². The van der Waals surface area contributed by atoms with Crippen molar-refractivity contribution < 1.29 is 23.4 Å². The zero-order valence-corrected chi connectivity index (χ0v) is 27.4. The van der Waals surface area contributed by atoms with Crippen LogP contribution in [0.5, 0.6) is 0 Å². The highest BCUT2D eigenvalue weighted by Crippen LogP contribution is 2.39. The highest BCUT2D eigenvalue weighted by atomic mass is 28.4. The quantitative estimate of drug-likeness (QED) is 0.0835. The molecule has 1 aliphatic rings. The minimum atomic E-state index is -2.02. The molecule has 1 rings (SSSR count). The number of rotatable bonds is 16. The predicted octanol–water partition coefficient (Wildman–Crippen LogP) is 8.45. The predicted molar refractivity (Wildman–Crippen MR) is 163 cm³/mol. The lowest BCUT2D eigenvalue weighted by Crippen LogP contribution is -2.47. The second-order valence-corrected chi connectivity index (χ2v) is 17.0. The summed E-state index contributed by atoms with van der Waals surface area (Å²) >= 11 is 0. The van der Waals surface area contributed by atoms with Crippen LogP contribution in [0, 0.1) is 17.8 Å². The lowest BCUT2D eigenvalue weighted by molar-refractivity contribution is -0.180. The van der Waals surface area contributed by atoms with Gasteiger partial charge in [-0.15, -0.1) is 0 Å². The van der Waals surface area contributed by atoms with Gasteiger partial charge in [-0.2, -0.15) is 0 Å². The highest BCUT2D eigenvalue weighted by Gasteiger charge is 2.41. The topological polar surface area (TPSA) is 46.2 Å². The molecule has 6 heteroatoms. The number of hydrogen-bond donors (Lipinski definition) is 0. The molecule has 0 amide bonds. The summed E-state index contributed by atoms with van der Waals surface area (Å²) < 4.78 is 31.0. The molecular formula is C32H58O5Si. The van der Waals surface area contributed by atoms with E-state index in [2.05, 4.69) is 78.9 Å². The SMILES string of the molecule is C/C=C/C=C\C=C/[C@H](O[Si](C)(C)C(C)(C)C)[C@H](C)[C@H](CC[C@H](C)[C@@H]1O[C@@H](OC)C=C[C@@H]1C)OC(C)OCC. The Balaban J connectivity index is 3.17. The molecule has 0 aromatic rings. The molecule has 0 saturated carbocycles. The van der Waals surface area contributed by atoms with Gasteiger partial charge in [-0.1, -0.05) is 84.1 Å². The molecule has 0 spiro atoms. The van der Waals surface area contributed by atoms with E-state index in [1.165, 1.54) is 0 Å². The van der Waals surface area contributed by atoms with E-state index >= 15 is 0 Å². The number of ether oxygens (including phenoxy) is 4. The molecule has 5 nitrogen and oxygen atoms in total. The Morgan fingerprint density at radius 3 is 2.24 bits per heavy atom. The molecule has 0 N–H and O–H groups in total. The zero-order valence-electron chi connectivity index (χ0n) is 26.4. The summed E-state index contributed by atoms with van der Waals surface area (Å²) in [5.41, 5.74) is 0. The fourth-order valence-corrected chi connectivity index (χ4v) is 5.84. The van der Waals surface area contributed by atoms with E-state index in [-0.39, 0.29) is 41.8 Å². The molecule has 0 aromatic heterocycles. The summed E-state index contributed by atoms with van der Waals surface area (Å²) in [4.78, 5) is 0. The van der Waals surface area contributed by atoms with Crippen LogP contribution in [-0.4, -0.2) is 52.9 Å². The first kappa shape index (κ1) is 35.0.